The van der Waals surface area contributed by atoms with E-state index in [-0.39, 0.29) is 73.3 Å². The fraction of sp³-hybridized carbons (Fsp3) is 0.667. The van der Waals surface area contributed by atoms with E-state index in [1.165, 1.54) is 19.2 Å². The summed E-state index contributed by atoms with van der Waals surface area (Å²) >= 11 is 0. The standard InChI is InChI=1S/C30H47NO10/c1-10-20(2)15-24(32)37-14-13-30(31,25(33)36-9)17-21-11-12-22(40-26(34)38-18-28(3,4)5)23(16-21)41-27(35)39-19-29(6,7)8/h11-12,16,20H,10,13-15,17-19,31H2,1-9H3/t20?,30-/m1/s1. The van der Waals surface area contributed by atoms with Crippen LogP contribution in [0.1, 0.15) is 80.2 Å². The molecule has 1 aromatic carbocycles. The normalized spacial score (nSPS) is 13.8. The molecule has 0 aliphatic carbocycles. The number of methoxy groups -OCH3 is 1. The van der Waals surface area contributed by atoms with Gasteiger partial charge in [-0.05, 0) is 34.4 Å². The number of ether oxygens (including phenoxy) is 6. The Balaban J connectivity index is 3.17. The number of carbonyl (C=O) groups excluding carboxylic acids is 4. The van der Waals surface area contributed by atoms with E-state index in [1.807, 2.05) is 55.4 Å². The van der Waals surface area contributed by atoms with Crippen LogP contribution in [0.3, 0.4) is 0 Å². The van der Waals surface area contributed by atoms with Gasteiger partial charge >= 0.3 is 24.2 Å². The van der Waals surface area contributed by atoms with E-state index in [2.05, 4.69) is 0 Å². The first-order valence-corrected chi connectivity index (χ1v) is 13.7. The molecule has 1 aromatic rings. The summed E-state index contributed by atoms with van der Waals surface area (Å²) in [5.74, 6) is -1.16. The van der Waals surface area contributed by atoms with Crippen LogP contribution in [0.15, 0.2) is 18.2 Å². The molecule has 1 unspecified atom stereocenters. The Labute approximate surface area is 243 Å². The summed E-state index contributed by atoms with van der Waals surface area (Å²) in [6.07, 6.45) is -0.983. The molecule has 0 saturated carbocycles. The highest BCUT2D eigenvalue weighted by Gasteiger charge is 2.36. The second-order valence-corrected chi connectivity index (χ2v) is 12.7. The molecule has 0 bridgehead atoms. The Morgan fingerprint density at radius 3 is 1.88 bits per heavy atom. The highest BCUT2D eigenvalue weighted by Crippen LogP contribution is 2.32. The third-order valence-electron chi connectivity index (χ3n) is 5.78. The van der Waals surface area contributed by atoms with E-state index in [9.17, 15) is 19.2 Å². The molecule has 1 rings (SSSR count). The summed E-state index contributed by atoms with van der Waals surface area (Å²) in [5.41, 5.74) is 4.73. The Morgan fingerprint density at radius 2 is 1.39 bits per heavy atom. The second-order valence-electron chi connectivity index (χ2n) is 12.7. The van der Waals surface area contributed by atoms with Crippen molar-refractivity contribution in [1.82, 2.24) is 0 Å². The van der Waals surface area contributed by atoms with Gasteiger partial charge in [-0.1, -0.05) is 67.9 Å². The van der Waals surface area contributed by atoms with Gasteiger partial charge in [0.25, 0.3) is 0 Å². The first kappa shape index (κ1) is 35.7. The van der Waals surface area contributed by atoms with Gasteiger partial charge in [0, 0.05) is 19.3 Å². The van der Waals surface area contributed by atoms with Crippen LogP contribution in [0.2, 0.25) is 0 Å². The molecule has 0 fully saturated rings. The Morgan fingerprint density at radius 1 is 0.854 bits per heavy atom. The Kier molecular flexibility index (Phi) is 13.6. The topological polar surface area (TPSA) is 150 Å². The van der Waals surface area contributed by atoms with Gasteiger partial charge in [0.1, 0.15) is 5.54 Å². The number of rotatable bonds is 13. The van der Waals surface area contributed by atoms with Crippen molar-refractivity contribution in [1.29, 1.82) is 0 Å². The van der Waals surface area contributed by atoms with E-state index >= 15 is 0 Å². The average molecular weight is 582 g/mol. The van der Waals surface area contributed by atoms with Crippen molar-refractivity contribution in [3.63, 3.8) is 0 Å². The molecule has 0 radical (unpaired) electrons. The third-order valence-corrected chi connectivity index (χ3v) is 5.78. The minimum absolute atomic E-state index is 0.0207. The third kappa shape index (κ3) is 14.2. The summed E-state index contributed by atoms with van der Waals surface area (Å²) in [6, 6.07) is 4.35. The van der Waals surface area contributed by atoms with E-state index in [0.29, 0.717) is 5.56 Å². The predicted molar refractivity (Wildman–Crippen MR) is 152 cm³/mol. The Hall–Kier alpha value is -3.34. The largest absolute Gasteiger partial charge is 0.513 e. The molecule has 2 N–H and O–H groups in total. The summed E-state index contributed by atoms with van der Waals surface area (Å²) in [6.45, 7) is 15.3. The van der Waals surface area contributed by atoms with Crippen LogP contribution in [0.25, 0.3) is 0 Å². The van der Waals surface area contributed by atoms with Crippen molar-refractivity contribution in [3.05, 3.63) is 23.8 Å². The van der Waals surface area contributed by atoms with Gasteiger partial charge in [-0.3, -0.25) is 9.59 Å². The Bertz CT molecular complexity index is 1040. The maximum atomic E-state index is 12.7. The van der Waals surface area contributed by atoms with Crippen molar-refractivity contribution in [2.75, 3.05) is 26.9 Å². The molecule has 0 spiro atoms. The summed E-state index contributed by atoms with van der Waals surface area (Å²) < 4.78 is 31.2. The molecule has 11 nitrogen and oxygen atoms in total. The van der Waals surface area contributed by atoms with E-state index < -0.39 is 23.8 Å². The molecular formula is C30H47NO10. The van der Waals surface area contributed by atoms with Crippen molar-refractivity contribution < 1.29 is 47.6 Å². The smallest absolute Gasteiger partial charge is 0.468 e. The van der Waals surface area contributed by atoms with Crippen LogP contribution in [-0.2, 0) is 35.0 Å². The van der Waals surface area contributed by atoms with Crippen LogP contribution in [0.4, 0.5) is 9.59 Å². The minimum atomic E-state index is -1.57. The van der Waals surface area contributed by atoms with Crippen molar-refractivity contribution >= 4 is 24.2 Å². The van der Waals surface area contributed by atoms with Gasteiger partial charge in [-0.2, -0.15) is 0 Å². The molecule has 2 atom stereocenters. The van der Waals surface area contributed by atoms with Crippen LogP contribution in [-0.4, -0.2) is 56.7 Å². The van der Waals surface area contributed by atoms with E-state index in [1.54, 1.807) is 6.07 Å². The van der Waals surface area contributed by atoms with Gasteiger partial charge < -0.3 is 34.2 Å². The first-order chi connectivity index (χ1) is 18.9. The summed E-state index contributed by atoms with van der Waals surface area (Å²) in [5, 5.41) is 0. The highest BCUT2D eigenvalue weighted by atomic mass is 16.7. The molecule has 0 aliphatic rings. The van der Waals surface area contributed by atoms with Gasteiger partial charge in [-0.25, -0.2) is 9.59 Å². The predicted octanol–water partition coefficient (Wildman–Crippen LogP) is 5.59. The molecule has 11 heteroatoms. The summed E-state index contributed by atoms with van der Waals surface area (Å²) in [4.78, 5) is 49.5. The molecular weight excluding hydrogens is 534 g/mol. The maximum Gasteiger partial charge on any atom is 0.513 e. The van der Waals surface area contributed by atoms with Crippen LogP contribution >= 0.6 is 0 Å². The monoisotopic (exact) mass is 581 g/mol. The number of nitrogens with two attached hydrogens (primary N) is 1. The SMILES string of the molecule is CCC(C)CC(=O)OCC[C@@](N)(Cc1ccc(OC(=O)OCC(C)(C)C)c(OC(=O)OCC(C)(C)C)c1)C(=O)OC. The molecule has 0 heterocycles. The van der Waals surface area contributed by atoms with Crippen LogP contribution in [0.5, 0.6) is 11.5 Å². The molecule has 0 amide bonds. The zero-order chi connectivity index (χ0) is 31.4. The molecule has 232 valence electrons. The zero-order valence-corrected chi connectivity index (χ0v) is 25.9. The molecule has 0 aliphatic heterocycles. The fourth-order valence-corrected chi connectivity index (χ4v) is 3.28. The zero-order valence-electron chi connectivity index (χ0n) is 25.9. The quantitative estimate of drug-likeness (QED) is 0.176. The van der Waals surface area contributed by atoms with E-state index in [0.717, 1.165) is 6.42 Å². The lowest BCUT2D eigenvalue weighted by molar-refractivity contribution is -0.151. The first-order valence-electron chi connectivity index (χ1n) is 13.7. The van der Waals surface area contributed by atoms with Crippen LogP contribution in [0, 0.1) is 16.7 Å². The number of benzene rings is 1. The van der Waals surface area contributed by atoms with Gasteiger partial charge in [0.15, 0.2) is 11.5 Å². The minimum Gasteiger partial charge on any atom is -0.468 e. The second kappa shape index (κ2) is 15.6. The molecule has 0 saturated heterocycles. The number of carbonyl (C=O) groups is 4. The molecule has 0 aromatic heterocycles. The fourth-order valence-electron chi connectivity index (χ4n) is 3.28. The lowest BCUT2D eigenvalue weighted by atomic mass is 9.88. The highest BCUT2D eigenvalue weighted by molar-refractivity contribution is 5.81. The van der Waals surface area contributed by atoms with Gasteiger partial charge in [0.2, 0.25) is 0 Å². The van der Waals surface area contributed by atoms with Crippen molar-refractivity contribution in [2.45, 2.75) is 86.6 Å². The van der Waals surface area contributed by atoms with Gasteiger partial charge in [0.05, 0.1) is 26.9 Å². The van der Waals surface area contributed by atoms with E-state index in [4.69, 9.17) is 34.2 Å². The number of hydrogen-bond acceptors (Lipinski definition) is 11. The van der Waals surface area contributed by atoms with Gasteiger partial charge in [-0.15, -0.1) is 0 Å². The number of esters is 2. The van der Waals surface area contributed by atoms with Crippen molar-refractivity contribution in [3.8, 4) is 11.5 Å². The molecule has 41 heavy (non-hydrogen) atoms. The lowest BCUT2D eigenvalue weighted by Crippen LogP contribution is -2.51. The lowest BCUT2D eigenvalue weighted by Gasteiger charge is -2.27. The maximum absolute atomic E-state index is 12.7. The number of hydrogen-bond donors (Lipinski definition) is 1. The summed E-state index contributed by atoms with van der Waals surface area (Å²) in [7, 11) is 1.21. The van der Waals surface area contributed by atoms with Crippen LogP contribution < -0.4 is 15.2 Å². The van der Waals surface area contributed by atoms with Crippen molar-refractivity contribution in [2.24, 2.45) is 22.5 Å². The average Bonchev–Trinajstić information content (AvgIpc) is 2.86.